The zero-order valence-electron chi connectivity index (χ0n) is 6.34. The first-order valence-electron chi connectivity index (χ1n) is 3.18. The second-order valence-corrected chi connectivity index (χ2v) is 2.19. The number of halogens is 4. The Balaban J connectivity index is 0.00000144. The molecule has 0 atom stereocenters. The number of hydrogen-bond donors (Lipinski definition) is 0. The second kappa shape index (κ2) is 4.02. The van der Waals surface area contributed by atoms with Gasteiger partial charge < -0.3 is 0 Å². The zero-order chi connectivity index (χ0) is 9.19. The van der Waals surface area contributed by atoms with Gasteiger partial charge in [0, 0.05) is 5.56 Å². The highest BCUT2D eigenvalue weighted by Crippen LogP contribution is 2.20. The molecule has 0 saturated heterocycles. The molecule has 0 spiro atoms. The predicted octanol–water partition coefficient (Wildman–Crippen LogP) is 2.58. The maximum Gasteiger partial charge on any atom is 0.454 e. The second-order valence-electron chi connectivity index (χ2n) is 2.19. The molecule has 1 rings (SSSR count). The SMILES string of the molecule is F.O=C(c1ccccc1)C(F)(F)F. The van der Waals surface area contributed by atoms with Gasteiger partial charge in [-0.05, 0) is 0 Å². The number of ketones is 1. The van der Waals surface area contributed by atoms with Crippen molar-refractivity contribution in [2.24, 2.45) is 0 Å². The molecule has 1 aromatic rings. The first-order chi connectivity index (χ1) is 5.52. The third-order valence-corrected chi connectivity index (χ3v) is 1.29. The summed E-state index contributed by atoms with van der Waals surface area (Å²) < 4.78 is 35.4. The first kappa shape index (κ1) is 11.6. The van der Waals surface area contributed by atoms with E-state index in [1.807, 2.05) is 0 Å². The van der Waals surface area contributed by atoms with Crippen LogP contribution in [0.2, 0.25) is 0 Å². The fourth-order valence-corrected chi connectivity index (χ4v) is 0.753. The van der Waals surface area contributed by atoms with Crippen LogP contribution in [0.1, 0.15) is 10.4 Å². The molecule has 0 fully saturated rings. The summed E-state index contributed by atoms with van der Waals surface area (Å²) in [6, 6.07) is 6.59. The molecule has 0 aliphatic heterocycles. The van der Waals surface area contributed by atoms with Crippen LogP contribution in [0.4, 0.5) is 17.9 Å². The molecule has 0 radical (unpaired) electrons. The van der Waals surface area contributed by atoms with Gasteiger partial charge in [0.1, 0.15) is 0 Å². The summed E-state index contributed by atoms with van der Waals surface area (Å²) in [5.74, 6) is -1.80. The Kier molecular flexibility index (Phi) is 3.59. The summed E-state index contributed by atoms with van der Waals surface area (Å²) in [4.78, 5) is 10.5. The van der Waals surface area contributed by atoms with Crippen LogP contribution in [0.25, 0.3) is 0 Å². The Bertz CT molecular complexity index is 278. The van der Waals surface area contributed by atoms with Gasteiger partial charge in [0.15, 0.2) is 0 Å². The summed E-state index contributed by atoms with van der Waals surface area (Å²) >= 11 is 0. The molecule has 1 aromatic carbocycles. The van der Waals surface area contributed by atoms with Gasteiger partial charge in [0.05, 0.1) is 0 Å². The zero-order valence-corrected chi connectivity index (χ0v) is 6.34. The predicted molar refractivity (Wildman–Crippen MR) is 39.3 cm³/mol. The summed E-state index contributed by atoms with van der Waals surface area (Å²) in [6.45, 7) is 0. The van der Waals surface area contributed by atoms with E-state index in [-0.39, 0.29) is 10.3 Å². The number of carbonyl (C=O) groups is 1. The van der Waals surface area contributed by atoms with Gasteiger partial charge in [-0.15, -0.1) is 0 Å². The van der Waals surface area contributed by atoms with E-state index < -0.39 is 12.0 Å². The Morgan fingerprint density at radius 2 is 1.54 bits per heavy atom. The fourth-order valence-electron chi connectivity index (χ4n) is 0.753. The Labute approximate surface area is 71.5 Å². The van der Waals surface area contributed by atoms with Gasteiger partial charge >= 0.3 is 6.18 Å². The molecule has 1 nitrogen and oxygen atoms in total. The molecular formula is C8H6F4O. The van der Waals surface area contributed by atoms with E-state index in [4.69, 9.17) is 0 Å². The Morgan fingerprint density at radius 1 is 1.08 bits per heavy atom. The lowest BCUT2D eigenvalue weighted by atomic mass is 10.1. The van der Waals surface area contributed by atoms with Crippen molar-refractivity contribution in [3.8, 4) is 0 Å². The molecule has 72 valence electrons. The monoisotopic (exact) mass is 194 g/mol. The average Bonchev–Trinajstić information content (AvgIpc) is 2.03. The number of rotatable bonds is 1. The van der Waals surface area contributed by atoms with Crippen molar-refractivity contribution >= 4 is 5.78 Å². The number of benzene rings is 1. The molecule has 0 unspecified atom stereocenters. The number of hydrogen-bond acceptors (Lipinski definition) is 1. The van der Waals surface area contributed by atoms with E-state index in [0.29, 0.717) is 0 Å². The third kappa shape index (κ3) is 2.85. The van der Waals surface area contributed by atoms with Crippen LogP contribution in [0.15, 0.2) is 30.3 Å². The Morgan fingerprint density at radius 3 is 1.92 bits per heavy atom. The van der Waals surface area contributed by atoms with Crippen molar-refractivity contribution in [2.45, 2.75) is 6.18 Å². The van der Waals surface area contributed by atoms with Crippen LogP contribution in [0.3, 0.4) is 0 Å². The van der Waals surface area contributed by atoms with Crippen LogP contribution in [0, 0.1) is 0 Å². The molecule has 0 aromatic heterocycles. The molecule has 13 heavy (non-hydrogen) atoms. The van der Waals surface area contributed by atoms with Crippen LogP contribution in [-0.4, -0.2) is 12.0 Å². The highest BCUT2D eigenvalue weighted by molar-refractivity contribution is 6.00. The topological polar surface area (TPSA) is 17.1 Å². The molecule has 5 heteroatoms. The quantitative estimate of drug-likeness (QED) is 0.496. The minimum Gasteiger partial charge on any atom is -0.284 e. The lowest BCUT2D eigenvalue weighted by Crippen LogP contribution is -2.22. The van der Waals surface area contributed by atoms with E-state index in [0.717, 1.165) is 12.1 Å². The van der Waals surface area contributed by atoms with Crippen molar-refractivity contribution < 1.29 is 22.7 Å². The van der Waals surface area contributed by atoms with Crippen molar-refractivity contribution in [1.82, 2.24) is 0 Å². The minimum absolute atomic E-state index is 0. The van der Waals surface area contributed by atoms with Crippen molar-refractivity contribution in [3.05, 3.63) is 35.9 Å². The van der Waals surface area contributed by atoms with Crippen LogP contribution in [-0.2, 0) is 0 Å². The molecule has 0 N–H and O–H groups in total. The highest BCUT2D eigenvalue weighted by Gasteiger charge is 2.38. The maximum absolute atomic E-state index is 11.8. The van der Waals surface area contributed by atoms with Crippen molar-refractivity contribution in [2.75, 3.05) is 0 Å². The van der Waals surface area contributed by atoms with E-state index in [2.05, 4.69) is 0 Å². The summed E-state index contributed by atoms with van der Waals surface area (Å²) in [5.41, 5.74) is -0.329. The molecular weight excluding hydrogens is 188 g/mol. The van der Waals surface area contributed by atoms with E-state index in [1.165, 1.54) is 12.1 Å². The van der Waals surface area contributed by atoms with Gasteiger partial charge in [-0.1, -0.05) is 30.3 Å². The normalized spacial score (nSPS) is 10.4. The number of carbonyl (C=O) groups excluding carboxylic acids is 1. The lowest BCUT2D eigenvalue weighted by Gasteiger charge is -2.03. The van der Waals surface area contributed by atoms with Gasteiger partial charge in [0.25, 0.3) is 5.78 Å². The van der Waals surface area contributed by atoms with Gasteiger partial charge in [-0.2, -0.15) is 13.2 Å². The van der Waals surface area contributed by atoms with Gasteiger partial charge in [0.2, 0.25) is 0 Å². The standard InChI is InChI=1S/C8H5F3O.FH/c9-8(10,11)7(12)6-4-2-1-3-5-6;/h1-5H;1H. The molecule has 0 bridgehead atoms. The largest absolute Gasteiger partial charge is 0.454 e. The van der Waals surface area contributed by atoms with E-state index >= 15 is 0 Å². The third-order valence-electron chi connectivity index (χ3n) is 1.29. The Hall–Kier alpha value is -1.39. The minimum atomic E-state index is -4.78. The smallest absolute Gasteiger partial charge is 0.284 e. The number of alkyl halides is 3. The average molecular weight is 194 g/mol. The number of Topliss-reactive ketones (excluding diaryl/α,β-unsaturated/α-hetero) is 1. The maximum atomic E-state index is 11.8. The van der Waals surface area contributed by atoms with E-state index in [1.54, 1.807) is 6.07 Å². The summed E-state index contributed by atoms with van der Waals surface area (Å²) in [7, 11) is 0. The van der Waals surface area contributed by atoms with Gasteiger partial charge in [-0.25, -0.2) is 0 Å². The fraction of sp³-hybridized carbons (Fsp3) is 0.125. The summed E-state index contributed by atoms with van der Waals surface area (Å²) in [5, 5.41) is 0. The molecule has 0 amide bonds. The van der Waals surface area contributed by atoms with Crippen LogP contribution >= 0.6 is 0 Å². The molecule has 0 heterocycles. The lowest BCUT2D eigenvalue weighted by molar-refractivity contribution is -0.0885. The summed E-state index contributed by atoms with van der Waals surface area (Å²) in [6.07, 6.45) is -4.78. The van der Waals surface area contributed by atoms with Gasteiger partial charge in [-0.3, -0.25) is 9.50 Å². The molecule has 0 saturated carbocycles. The van der Waals surface area contributed by atoms with Crippen LogP contribution < -0.4 is 0 Å². The molecule has 0 aliphatic carbocycles. The van der Waals surface area contributed by atoms with Crippen molar-refractivity contribution in [3.63, 3.8) is 0 Å². The highest BCUT2D eigenvalue weighted by atomic mass is 19.4. The molecule has 0 aliphatic rings. The van der Waals surface area contributed by atoms with Crippen LogP contribution in [0.5, 0.6) is 0 Å². The first-order valence-corrected chi connectivity index (χ1v) is 3.18. The van der Waals surface area contributed by atoms with Crippen molar-refractivity contribution in [1.29, 1.82) is 0 Å². The van der Waals surface area contributed by atoms with E-state index in [9.17, 15) is 18.0 Å².